The SMILES string of the molecule is COc1ccc(/C(=C\c2ccccc2)C(=O)c2cccs2)cc1. The minimum atomic E-state index is 0.0361. The number of thiophene rings is 1. The van der Waals surface area contributed by atoms with Gasteiger partial charge in [0.1, 0.15) is 5.75 Å². The Hall–Kier alpha value is -2.65. The van der Waals surface area contributed by atoms with Crippen LogP contribution in [0.1, 0.15) is 20.8 Å². The van der Waals surface area contributed by atoms with Crippen molar-refractivity contribution >= 4 is 28.8 Å². The lowest BCUT2D eigenvalue weighted by Gasteiger charge is -2.08. The molecule has 0 N–H and O–H groups in total. The highest BCUT2D eigenvalue weighted by Crippen LogP contribution is 2.26. The summed E-state index contributed by atoms with van der Waals surface area (Å²) in [5, 5.41) is 1.92. The van der Waals surface area contributed by atoms with Crippen molar-refractivity contribution in [3.05, 3.63) is 88.1 Å². The molecule has 0 unspecified atom stereocenters. The Bertz CT molecular complexity index is 801. The van der Waals surface area contributed by atoms with Crippen LogP contribution in [0, 0.1) is 0 Å². The van der Waals surface area contributed by atoms with E-state index in [1.165, 1.54) is 11.3 Å². The number of Topliss-reactive ketones (excluding diaryl/α,β-unsaturated/α-hetero) is 1. The molecule has 0 spiro atoms. The predicted octanol–water partition coefficient (Wildman–Crippen LogP) is 5.18. The molecule has 114 valence electrons. The smallest absolute Gasteiger partial charge is 0.203 e. The standard InChI is InChI=1S/C20H16O2S/c1-22-17-11-9-16(10-12-17)18(14-15-6-3-2-4-7-15)20(21)19-8-5-13-23-19/h2-14H,1H3/b18-14+. The monoisotopic (exact) mass is 320 g/mol. The van der Waals surface area contributed by atoms with Gasteiger partial charge >= 0.3 is 0 Å². The van der Waals surface area contributed by atoms with Gasteiger partial charge in [0.15, 0.2) is 0 Å². The van der Waals surface area contributed by atoms with Gasteiger partial charge in [0, 0.05) is 5.57 Å². The van der Waals surface area contributed by atoms with Crippen molar-refractivity contribution in [1.29, 1.82) is 0 Å². The second-order valence-electron chi connectivity index (χ2n) is 5.00. The summed E-state index contributed by atoms with van der Waals surface area (Å²) in [7, 11) is 1.63. The van der Waals surface area contributed by atoms with E-state index >= 15 is 0 Å². The third-order valence-electron chi connectivity index (χ3n) is 3.50. The van der Waals surface area contributed by atoms with Crippen molar-refractivity contribution in [2.24, 2.45) is 0 Å². The molecule has 2 nitrogen and oxygen atoms in total. The normalized spacial score (nSPS) is 11.3. The first-order chi connectivity index (χ1) is 11.3. The Morgan fingerprint density at radius 1 is 0.957 bits per heavy atom. The van der Waals surface area contributed by atoms with Gasteiger partial charge in [-0.05, 0) is 40.8 Å². The van der Waals surface area contributed by atoms with Crippen molar-refractivity contribution in [3.8, 4) is 5.75 Å². The molecule has 1 heterocycles. The van der Waals surface area contributed by atoms with Gasteiger partial charge in [0.25, 0.3) is 0 Å². The Morgan fingerprint density at radius 3 is 2.30 bits per heavy atom. The zero-order valence-corrected chi connectivity index (χ0v) is 13.5. The number of benzene rings is 2. The third kappa shape index (κ3) is 3.58. The van der Waals surface area contributed by atoms with Crippen LogP contribution in [-0.4, -0.2) is 12.9 Å². The van der Waals surface area contributed by atoms with Gasteiger partial charge < -0.3 is 4.74 Å². The van der Waals surface area contributed by atoms with E-state index in [-0.39, 0.29) is 5.78 Å². The fourth-order valence-corrected chi connectivity index (χ4v) is 2.98. The summed E-state index contributed by atoms with van der Waals surface area (Å²) in [4.78, 5) is 13.6. The zero-order valence-electron chi connectivity index (χ0n) is 12.7. The van der Waals surface area contributed by atoms with Crippen LogP contribution in [0.25, 0.3) is 11.6 Å². The summed E-state index contributed by atoms with van der Waals surface area (Å²) in [6.45, 7) is 0. The molecule has 1 aromatic heterocycles. The van der Waals surface area contributed by atoms with Crippen LogP contribution in [0.15, 0.2) is 72.1 Å². The summed E-state index contributed by atoms with van der Waals surface area (Å²) < 4.78 is 5.20. The Morgan fingerprint density at radius 2 is 1.70 bits per heavy atom. The molecule has 3 heteroatoms. The van der Waals surface area contributed by atoms with E-state index in [9.17, 15) is 4.79 Å². The highest BCUT2D eigenvalue weighted by Gasteiger charge is 2.15. The Labute approximate surface area is 139 Å². The van der Waals surface area contributed by atoms with Gasteiger partial charge in [-0.25, -0.2) is 0 Å². The molecular weight excluding hydrogens is 304 g/mol. The van der Waals surface area contributed by atoms with Crippen molar-refractivity contribution in [1.82, 2.24) is 0 Å². The number of hydrogen-bond donors (Lipinski definition) is 0. The molecule has 0 saturated heterocycles. The van der Waals surface area contributed by atoms with Crippen LogP contribution in [0.4, 0.5) is 0 Å². The molecule has 0 amide bonds. The second kappa shape index (κ2) is 7.07. The van der Waals surface area contributed by atoms with Crippen molar-refractivity contribution < 1.29 is 9.53 Å². The van der Waals surface area contributed by atoms with E-state index in [2.05, 4.69) is 0 Å². The van der Waals surface area contributed by atoms with Gasteiger partial charge in [-0.2, -0.15) is 0 Å². The third-order valence-corrected chi connectivity index (χ3v) is 4.37. The Balaban J connectivity index is 2.05. The van der Waals surface area contributed by atoms with E-state index in [1.54, 1.807) is 7.11 Å². The summed E-state index contributed by atoms with van der Waals surface area (Å²) >= 11 is 1.46. The summed E-state index contributed by atoms with van der Waals surface area (Å²) in [6.07, 6.45) is 1.93. The van der Waals surface area contributed by atoms with E-state index in [1.807, 2.05) is 78.2 Å². The van der Waals surface area contributed by atoms with Crippen molar-refractivity contribution in [2.75, 3.05) is 7.11 Å². The number of hydrogen-bond acceptors (Lipinski definition) is 3. The fourth-order valence-electron chi connectivity index (χ4n) is 2.31. The minimum Gasteiger partial charge on any atom is -0.497 e. The van der Waals surface area contributed by atoms with Crippen LogP contribution in [0.3, 0.4) is 0 Å². The fraction of sp³-hybridized carbons (Fsp3) is 0.0500. The lowest BCUT2D eigenvalue weighted by molar-refractivity contribution is 0.106. The molecule has 0 bridgehead atoms. The summed E-state index contributed by atoms with van der Waals surface area (Å²) in [5.74, 6) is 0.811. The van der Waals surface area contributed by atoms with Crippen LogP contribution in [0.5, 0.6) is 5.75 Å². The maximum atomic E-state index is 12.9. The number of methoxy groups -OCH3 is 1. The van der Waals surface area contributed by atoms with Crippen molar-refractivity contribution in [3.63, 3.8) is 0 Å². The van der Waals surface area contributed by atoms with Crippen LogP contribution < -0.4 is 4.74 Å². The molecule has 0 radical (unpaired) electrons. The number of allylic oxidation sites excluding steroid dienone is 1. The highest BCUT2D eigenvalue weighted by molar-refractivity contribution is 7.12. The first-order valence-electron chi connectivity index (χ1n) is 7.27. The largest absolute Gasteiger partial charge is 0.497 e. The van der Waals surface area contributed by atoms with Crippen LogP contribution >= 0.6 is 11.3 Å². The molecule has 0 atom stereocenters. The molecule has 0 saturated carbocycles. The maximum Gasteiger partial charge on any atom is 0.203 e. The van der Waals surface area contributed by atoms with Gasteiger partial charge in [-0.1, -0.05) is 48.5 Å². The molecule has 0 aliphatic rings. The lowest BCUT2D eigenvalue weighted by Crippen LogP contribution is -2.00. The highest BCUT2D eigenvalue weighted by atomic mass is 32.1. The average molecular weight is 320 g/mol. The molecule has 23 heavy (non-hydrogen) atoms. The molecule has 0 aliphatic heterocycles. The van der Waals surface area contributed by atoms with E-state index < -0.39 is 0 Å². The summed E-state index contributed by atoms with van der Waals surface area (Å²) in [6, 6.07) is 21.2. The molecule has 2 aromatic carbocycles. The quantitative estimate of drug-likeness (QED) is 0.368. The molecule has 3 aromatic rings. The van der Waals surface area contributed by atoms with Gasteiger partial charge in [0.05, 0.1) is 12.0 Å². The molecule has 0 aliphatic carbocycles. The number of carbonyl (C=O) groups excluding carboxylic acids is 1. The van der Waals surface area contributed by atoms with Gasteiger partial charge in [0.2, 0.25) is 5.78 Å². The summed E-state index contributed by atoms with van der Waals surface area (Å²) in [5.41, 5.74) is 2.57. The van der Waals surface area contributed by atoms with Gasteiger partial charge in [-0.15, -0.1) is 11.3 Å². The zero-order chi connectivity index (χ0) is 16.1. The van der Waals surface area contributed by atoms with Crippen molar-refractivity contribution in [2.45, 2.75) is 0 Å². The average Bonchev–Trinajstić information content (AvgIpc) is 3.15. The lowest BCUT2D eigenvalue weighted by atomic mass is 9.98. The number of ketones is 1. The van der Waals surface area contributed by atoms with E-state index in [0.29, 0.717) is 5.57 Å². The number of carbonyl (C=O) groups is 1. The van der Waals surface area contributed by atoms with E-state index in [4.69, 9.17) is 4.74 Å². The van der Waals surface area contributed by atoms with Crippen LogP contribution in [0.2, 0.25) is 0 Å². The maximum absolute atomic E-state index is 12.9. The first kappa shape index (κ1) is 15.3. The molecule has 3 rings (SSSR count). The molecular formula is C20H16O2S. The van der Waals surface area contributed by atoms with Gasteiger partial charge in [-0.3, -0.25) is 4.79 Å². The minimum absolute atomic E-state index is 0.0361. The van der Waals surface area contributed by atoms with E-state index in [0.717, 1.165) is 21.8 Å². The predicted molar refractivity (Wildman–Crippen MR) is 96.0 cm³/mol. The number of rotatable bonds is 5. The Kier molecular flexibility index (Phi) is 4.69. The first-order valence-corrected chi connectivity index (χ1v) is 8.15. The topological polar surface area (TPSA) is 26.3 Å². The second-order valence-corrected chi connectivity index (χ2v) is 5.95. The van der Waals surface area contributed by atoms with Crippen LogP contribution in [-0.2, 0) is 0 Å². The number of ether oxygens (including phenoxy) is 1. The molecule has 0 fully saturated rings.